The summed E-state index contributed by atoms with van der Waals surface area (Å²) < 4.78 is 24.9. The molecule has 0 atom stereocenters. The molecule has 1 rings (SSSR count). The fourth-order valence-corrected chi connectivity index (χ4v) is 2.77. The summed E-state index contributed by atoms with van der Waals surface area (Å²) >= 11 is 5.29. The molecular weight excluding hydrogens is 262 g/mol. The van der Waals surface area contributed by atoms with E-state index < -0.39 is 15.3 Å². The Bertz CT molecular complexity index is 513. The van der Waals surface area contributed by atoms with Crippen molar-refractivity contribution < 1.29 is 13.2 Å². The first-order valence-corrected chi connectivity index (χ1v) is 7.11. The van der Waals surface area contributed by atoms with Gasteiger partial charge in [-0.1, -0.05) is 18.2 Å². The second-order valence-corrected chi connectivity index (χ2v) is 6.15. The minimum Gasteiger partial charge on any atom is -0.279 e. The minimum atomic E-state index is -3.50. The van der Waals surface area contributed by atoms with Crippen LogP contribution in [0.4, 0.5) is 5.69 Å². The van der Waals surface area contributed by atoms with Crippen LogP contribution in [0.15, 0.2) is 24.3 Å². The van der Waals surface area contributed by atoms with Crippen molar-refractivity contribution in [2.24, 2.45) is 0 Å². The number of carbonyl (C=O) groups excluding carboxylic acids is 1. The molecule has 17 heavy (non-hydrogen) atoms. The van der Waals surface area contributed by atoms with Gasteiger partial charge in [0.05, 0.1) is 11.4 Å². The molecule has 1 aromatic carbocycles. The molecule has 0 radical (unpaired) electrons. The van der Waals surface area contributed by atoms with E-state index in [0.29, 0.717) is 5.69 Å². The standard InChI is InChI=1S/C11H14ClNO3S/c1-3-17(15,16)13(8-11(12)14)10-7-5-4-6-9(10)2/h4-7H,3,8H2,1-2H3. The van der Waals surface area contributed by atoms with Gasteiger partial charge in [0.15, 0.2) is 0 Å². The van der Waals surface area contributed by atoms with Crippen molar-refractivity contribution in [2.45, 2.75) is 13.8 Å². The molecule has 0 bridgehead atoms. The third kappa shape index (κ3) is 3.44. The van der Waals surface area contributed by atoms with Gasteiger partial charge in [-0.25, -0.2) is 8.42 Å². The largest absolute Gasteiger partial charge is 0.279 e. The Balaban J connectivity index is 3.25. The van der Waals surface area contributed by atoms with Gasteiger partial charge in [0, 0.05) is 0 Å². The van der Waals surface area contributed by atoms with Crippen LogP contribution in [0.5, 0.6) is 0 Å². The number of hydrogen-bond acceptors (Lipinski definition) is 3. The van der Waals surface area contributed by atoms with Crippen molar-refractivity contribution in [1.29, 1.82) is 0 Å². The molecule has 0 amide bonds. The Morgan fingerprint density at radius 2 is 1.94 bits per heavy atom. The molecule has 94 valence electrons. The van der Waals surface area contributed by atoms with Crippen LogP contribution >= 0.6 is 11.6 Å². The van der Waals surface area contributed by atoms with Gasteiger partial charge >= 0.3 is 0 Å². The van der Waals surface area contributed by atoms with E-state index in [2.05, 4.69) is 0 Å². The molecule has 0 spiro atoms. The van der Waals surface area contributed by atoms with Gasteiger partial charge in [-0.15, -0.1) is 0 Å². The average Bonchev–Trinajstić information content (AvgIpc) is 2.26. The Labute approximate surface area is 106 Å². The zero-order valence-electron chi connectivity index (χ0n) is 9.68. The highest BCUT2D eigenvalue weighted by molar-refractivity contribution is 7.92. The molecule has 0 aliphatic heterocycles. The molecule has 0 saturated carbocycles. The van der Waals surface area contributed by atoms with E-state index in [1.165, 1.54) is 6.92 Å². The monoisotopic (exact) mass is 275 g/mol. The van der Waals surface area contributed by atoms with Crippen molar-refractivity contribution in [1.82, 2.24) is 0 Å². The summed E-state index contributed by atoms with van der Waals surface area (Å²) in [5.41, 5.74) is 1.27. The summed E-state index contributed by atoms with van der Waals surface area (Å²) in [6.07, 6.45) is 0. The predicted octanol–water partition coefficient (Wildman–Crippen LogP) is 1.92. The van der Waals surface area contributed by atoms with E-state index in [9.17, 15) is 13.2 Å². The van der Waals surface area contributed by atoms with Crippen LogP contribution < -0.4 is 4.31 Å². The Kier molecular flexibility index (Phi) is 4.54. The van der Waals surface area contributed by atoms with Gasteiger partial charge < -0.3 is 0 Å². The maximum Gasteiger partial charge on any atom is 0.242 e. The lowest BCUT2D eigenvalue weighted by molar-refractivity contribution is -0.110. The van der Waals surface area contributed by atoms with E-state index >= 15 is 0 Å². The van der Waals surface area contributed by atoms with Crippen LogP contribution in [0.3, 0.4) is 0 Å². The second-order valence-electron chi connectivity index (χ2n) is 3.55. The lowest BCUT2D eigenvalue weighted by atomic mass is 10.2. The number of anilines is 1. The number of halogens is 1. The van der Waals surface area contributed by atoms with Gasteiger partial charge in [0.2, 0.25) is 15.3 Å². The fraction of sp³-hybridized carbons (Fsp3) is 0.364. The van der Waals surface area contributed by atoms with E-state index in [0.717, 1.165) is 9.87 Å². The van der Waals surface area contributed by atoms with Crippen LogP contribution in [0.2, 0.25) is 0 Å². The number of carbonyl (C=O) groups is 1. The smallest absolute Gasteiger partial charge is 0.242 e. The lowest BCUT2D eigenvalue weighted by Gasteiger charge is -2.23. The number of sulfonamides is 1. The van der Waals surface area contributed by atoms with Crippen molar-refractivity contribution in [3.05, 3.63) is 29.8 Å². The third-order valence-electron chi connectivity index (χ3n) is 2.35. The van der Waals surface area contributed by atoms with E-state index in [4.69, 9.17) is 11.6 Å². The first kappa shape index (κ1) is 14.0. The minimum absolute atomic E-state index is 0.0779. The molecule has 0 heterocycles. The Morgan fingerprint density at radius 1 is 1.35 bits per heavy atom. The number of benzene rings is 1. The molecule has 0 unspecified atom stereocenters. The molecule has 4 nitrogen and oxygen atoms in total. The number of rotatable bonds is 5. The van der Waals surface area contributed by atoms with Crippen molar-refractivity contribution in [2.75, 3.05) is 16.6 Å². The van der Waals surface area contributed by atoms with Gasteiger partial charge in [0.1, 0.15) is 6.54 Å². The van der Waals surface area contributed by atoms with Crippen LogP contribution in [-0.4, -0.2) is 26.0 Å². The fourth-order valence-electron chi connectivity index (χ4n) is 1.45. The summed E-state index contributed by atoms with van der Waals surface area (Å²) in [5.74, 6) is -0.0779. The summed E-state index contributed by atoms with van der Waals surface area (Å²) in [6, 6.07) is 6.96. The molecule has 0 aromatic heterocycles. The first-order valence-electron chi connectivity index (χ1n) is 5.13. The number of hydrogen-bond donors (Lipinski definition) is 0. The van der Waals surface area contributed by atoms with Gasteiger partial charge in [0.25, 0.3) is 0 Å². The molecule has 0 saturated heterocycles. The molecule has 0 N–H and O–H groups in total. The quantitative estimate of drug-likeness (QED) is 0.772. The summed E-state index contributed by atoms with van der Waals surface area (Å²) in [6.45, 7) is 2.97. The average molecular weight is 276 g/mol. The van der Waals surface area contributed by atoms with E-state index in [-0.39, 0.29) is 12.3 Å². The molecule has 0 aliphatic rings. The highest BCUT2D eigenvalue weighted by Crippen LogP contribution is 2.22. The van der Waals surface area contributed by atoms with Crippen molar-refractivity contribution in [3.8, 4) is 0 Å². The van der Waals surface area contributed by atoms with Crippen molar-refractivity contribution >= 4 is 32.6 Å². The number of aryl methyl sites for hydroxylation is 1. The summed E-state index contributed by atoms with van der Waals surface area (Å²) in [5, 5.41) is -0.703. The third-order valence-corrected chi connectivity index (χ3v) is 4.20. The zero-order valence-corrected chi connectivity index (χ0v) is 11.3. The van der Waals surface area contributed by atoms with Crippen LogP contribution in [0.25, 0.3) is 0 Å². The van der Waals surface area contributed by atoms with Crippen molar-refractivity contribution in [3.63, 3.8) is 0 Å². The van der Waals surface area contributed by atoms with Crippen LogP contribution in [-0.2, 0) is 14.8 Å². The molecule has 0 aliphatic carbocycles. The topological polar surface area (TPSA) is 54.5 Å². The zero-order chi connectivity index (χ0) is 13.1. The number of para-hydroxylation sites is 1. The Hall–Kier alpha value is -1.07. The van der Waals surface area contributed by atoms with E-state index in [1.54, 1.807) is 31.2 Å². The predicted molar refractivity (Wildman–Crippen MR) is 68.8 cm³/mol. The Morgan fingerprint density at radius 3 is 2.41 bits per heavy atom. The SMILES string of the molecule is CCS(=O)(=O)N(CC(=O)Cl)c1ccccc1C. The maximum atomic E-state index is 11.9. The second kappa shape index (κ2) is 5.51. The summed E-state index contributed by atoms with van der Waals surface area (Å²) in [7, 11) is -3.50. The maximum absolute atomic E-state index is 11.9. The molecular formula is C11H14ClNO3S. The van der Waals surface area contributed by atoms with Crippen LogP contribution in [0.1, 0.15) is 12.5 Å². The first-order chi connectivity index (χ1) is 7.88. The normalized spacial score (nSPS) is 11.2. The van der Waals surface area contributed by atoms with Crippen LogP contribution in [0, 0.1) is 6.92 Å². The lowest BCUT2D eigenvalue weighted by Crippen LogP contribution is -2.36. The van der Waals surface area contributed by atoms with Gasteiger partial charge in [-0.05, 0) is 37.1 Å². The summed E-state index contributed by atoms with van der Waals surface area (Å²) in [4.78, 5) is 11.0. The van der Waals surface area contributed by atoms with Gasteiger partial charge in [-0.2, -0.15) is 0 Å². The highest BCUT2D eigenvalue weighted by atomic mass is 35.5. The molecule has 0 fully saturated rings. The van der Waals surface area contributed by atoms with E-state index in [1.807, 2.05) is 0 Å². The van der Waals surface area contributed by atoms with Gasteiger partial charge in [-0.3, -0.25) is 9.10 Å². The highest BCUT2D eigenvalue weighted by Gasteiger charge is 2.23. The molecule has 1 aromatic rings. The number of nitrogens with zero attached hydrogens (tertiary/aromatic N) is 1. The molecule has 6 heteroatoms.